The molecule has 4 fully saturated rings. The smallest absolute Gasteiger partial charge is 0.261 e. The fourth-order valence-electron chi connectivity index (χ4n) is 6.01. The van der Waals surface area contributed by atoms with E-state index in [2.05, 4.69) is 5.32 Å². The molecule has 4 bridgehead atoms. The predicted molar refractivity (Wildman–Crippen MR) is 115 cm³/mol. The summed E-state index contributed by atoms with van der Waals surface area (Å²) in [6.45, 7) is 2.46. The maximum Gasteiger partial charge on any atom is 0.261 e. The van der Waals surface area contributed by atoms with Crippen LogP contribution in [0.5, 0.6) is 11.5 Å². The van der Waals surface area contributed by atoms with Crippen molar-refractivity contribution in [1.29, 1.82) is 0 Å². The Bertz CT molecular complexity index is 877. The van der Waals surface area contributed by atoms with Gasteiger partial charge in [-0.2, -0.15) is 0 Å². The predicted octanol–water partition coefficient (Wildman–Crippen LogP) is 5.20. The number of hydrogen-bond acceptors (Lipinski definition) is 4. The monoisotopic (exact) mass is 411 g/mol. The largest absolute Gasteiger partial charge is 0.493 e. The van der Waals surface area contributed by atoms with Crippen LogP contribution in [0.4, 0.5) is 0 Å². The van der Waals surface area contributed by atoms with Crippen molar-refractivity contribution in [1.82, 2.24) is 5.32 Å². The van der Waals surface area contributed by atoms with Gasteiger partial charge in [0, 0.05) is 11.6 Å². The van der Waals surface area contributed by atoms with Gasteiger partial charge < -0.3 is 14.8 Å². The lowest BCUT2D eigenvalue weighted by molar-refractivity contribution is -0.0119. The molecule has 4 aliphatic carbocycles. The second-order valence-electron chi connectivity index (χ2n) is 9.19. The average Bonchev–Trinajstić information content (AvgIpc) is 3.18. The van der Waals surface area contributed by atoms with Crippen LogP contribution in [0.3, 0.4) is 0 Å². The zero-order chi connectivity index (χ0) is 20.0. The van der Waals surface area contributed by atoms with Crippen molar-refractivity contribution in [3.05, 3.63) is 45.6 Å². The average molecular weight is 412 g/mol. The summed E-state index contributed by atoms with van der Waals surface area (Å²) < 4.78 is 11.3. The fraction of sp³-hybridized carbons (Fsp3) is 0.542. The van der Waals surface area contributed by atoms with Gasteiger partial charge in [-0.25, -0.2) is 0 Å². The van der Waals surface area contributed by atoms with Crippen LogP contribution in [0.2, 0.25) is 0 Å². The number of amides is 1. The number of hydrogen-bond donors (Lipinski definition) is 1. The summed E-state index contributed by atoms with van der Waals surface area (Å²) in [6, 6.07) is 8.26. The van der Waals surface area contributed by atoms with E-state index in [1.54, 1.807) is 7.11 Å². The Morgan fingerprint density at radius 1 is 1.07 bits per heavy atom. The summed E-state index contributed by atoms with van der Waals surface area (Å²) in [6.07, 6.45) is 6.72. The molecule has 0 atom stereocenters. The maximum atomic E-state index is 12.9. The van der Waals surface area contributed by atoms with Crippen LogP contribution in [-0.4, -0.2) is 19.1 Å². The molecule has 0 aliphatic heterocycles. The summed E-state index contributed by atoms with van der Waals surface area (Å²) >= 11 is 1.51. The van der Waals surface area contributed by atoms with Crippen LogP contribution >= 0.6 is 11.3 Å². The van der Waals surface area contributed by atoms with Crippen molar-refractivity contribution in [2.75, 3.05) is 7.11 Å². The molecule has 1 N–H and O–H groups in total. The Morgan fingerprint density at radius 2 is 1.79 bits per heavy atom. The van der Waals surface area contributed by atoms with Crippen LogP contribution in [0.15, 0.2) is 29.6 Å². The Labute approximate surface area is 176 Å². The number of aryl methyl sites for hydroxylation is 1. The second kappa shape index (κ2) is 7.67. The van der Waals surface area contributed by atoms with Gasteiger partial charge in [0.15, 0.2) is 11.5 Å². The number of nitrogens with one attached hydrogen (secondary N) is 1. The molecular weight excluding hydrogens is 382 g/mol. The quantitative estimate of drug-likeness (QED) is 0.711. The number of ether oxygens (including phenoxy) is 2. The highest BCUT2D eigenvalue weighted by molar-refractivity contribution is 7.12. The number of carbonyl (C=O) groups is 1. The van der Waals surface area contributed by atoms with Crippen molar-refractivity contribution < 1.29 is 14.3 Å². The SMILES string of the molecule is COc1cc(C)ccc1OCc1csc(C(=O)NC2C3CC4CC(C3)CC2C4)c1. The maximum absolute atomic E-state index is 12.9. The summed E-state index contributed by atoms with van der Waals surface area (Å²) in [5.41, 5.74) is 2.15. The third kappa shape index (κ3) is 3.77. The number of carbonyl (C=O) groups excluding carboxylic acids is 1. The fourth-order valence-corrected chi connectivity index (χ4v) is 6.81. The Hall–Kier alpha value is -2.01. The van der Waals surface area contributed by atoms with E-state index < -0.39 is 0 Å². The number of methoxy groups -OCH3 is 1. The molecule has 0 radical (unpaired) electrons. The molecule has 4 nitrogen and oxygen atoms in total. The molecule has 0 saturated heterocycles. The van der Waals surface area contributed by atoms with Crippen LogP contribution in [0, 0.1) is 30.6 Å². The van der Waals surface area contributed by atoms with Gasteiger partial charge in [-0.3, -0.25) is 4.79 Å². The summed E-state index contributed by atoms with van der Waals surface area (Å²) in [5, 5.41) is 5.42. The molecule has 4 saturated carbocycles. The van der Waals surface area contributed by atoms with E-state index in [1.165, 1.54) is 43.4 Å². The number of benzene rings is 1. The van der Waals surface area contributed by atoms with Crippen molar-refractivity contribution in [3.8, 4) is 11.5 Å². The van der Waals surface area contributed by atoms with E-state index >= 15 is 0 Å². The van der Waals surface area contributed by atoms with Gasteiger partial charge in [0.05, 0.1) is 12.0 Å². The first-order chi connectivity index (χ1) is 14.1. The van der Waals surface area contributed by atoms with Crippen LogP contribution in [0.1, 0.15) is 52.9 Å². The molecule has 0 spiro atoms. The van der Waals surface area contributed by atoms with Crippen molar-refractivity contribution in [3.63, 3.8) is 0 Å². The van der Waals surface area contributed by atoms with E-state index in [0.717, 1.165) is 39.3 Å². The minimum absolute atomic E-state index is 0.0895. The third-order valence-electron chi connectivity index (χ3n) is 7.12. The normalized spacial score (nSPS) is 29.7. The molecule has 1 amide bonds. The lowest BCUT2D eigenvalue weighted by Gasteiger charge is -2.54. The van der Waals surface area contributed by atoms with Crippen molar-refractivity contribution in [2.24, 2.45) is 23.7 Å². The first-order valence-electron chi connectivity index (χ1n) is 10.7. The van der Waals surface area contributed by atoms with Crippen LogP contribution in [0.25, 0.3) is 0 Å². The van der Waals surface area contributed by atoms with E-state index in [0.29, 0.717) is 24.5 Å². The summed E-state index contributed by atoms with van der Waals surface area (Å²) in [7, 11) is 1.65. The molecule has 0 unspecified atom stereocenters. The highest BCUT2D eigenvalue weighted by Crippen LogP contribution is 2.53. The lowest BCUT2D eigenvalue weighted by Crippen LogP contribution is -2.55. The molecule has 1 aromatic heterocycles. The highest BCUT2D eigenvalue weighted by atomic mass is 32.1. The van der Waals surface area contributed by atoms with Gasteiger partial charge >= 0.3 is 0 Å². The van der Waals surface area contributed by atoms with Gasteiger partial charge in [0.1, 0.15) is 6.61 Å². The lowest BCUT2D eigenvalue weighted by atomic mass is 9.54. The standard InChI is InChI=1S/C24H29NO3S/c1-14-3-4-20(21(5-14)27-2)28-12-17-11-22(29-13-17)24(26)25-23-18-7-15-6-16(9-18)10-19(23)8-15/h3-5,11,13,15-16,18-19,23H,6-10,12H2,1-2H3,(H,25,26). The van der Waals surface area contributed by atoms with Crippen LogP contribution in [-0.2, 0) is 6.61 Å². The number of rotatable bonds is 6. The molecule has 6 rings (SSSR count). The summed E-state index contributed by atoms with van der Waals surface area (Å²) in [5.74, 6) is 4.80. The zero-order valence-corrected chi connectivity index (χ0v) is 18.0. The third-order valence-corrected chi connectivity index (χ3v) is 8.09. The first-order valence-corrected chi connectivity index (χ1v) is 11.6. The zero-order valence-electron chi connectivity index (χ0n) is 17.1. The highest BCUT2D eigenvalue weighted by Gasteiger charge is 2.48. The van der Waals surface area contributed by atoms with E-state index in [4.69, 9.17) is 9.47 Å². The molecule has 29 heavy (non-hydrogen) atoms. The Kier molecular flexibility index (Phi) is 5.02. The minimum atomic E-state index is 0.0895. The molecule has 154 valence electrons. The van der Waals surface area contributed by atoms with E-state index in [-0.39, 0.29) is 5.91 Å². The summed E-state index contributed by atoms with van der Waals surface area (Å²) in [4.78, 5) is 13.7. The van der Waals surface area contributed by atoms with Gasteiger partial charge in [0.2, 0.25) is 0 Å². The minimum Gasteiger partial charge on any atom is -0.493 e. The van der Waals surface area contributed by atoms with Gasteiger partial charge in [0.25, 0.3) is 5.91 Å². The van der Waals surface area contributed by atoms with Crippen molar-refractivity contribution >= 4 is 17.2 Å². The second-order valence-corrected chi connectivity index (χ2v) is 10.1. The van der Waals surface area contributed by atoms with Crippen LogP contribution < -0.4 is 14.8 Å². The molecule has 5 heteroatoms. The van der Waals surface area contributed by atoms with Gasteiger partial charge in [-0.05, 0) is 91.8 Å². The number of thiophene rings is 1. The topological polar surface area (TPSA) is 47.6 Å². The van der Waals surface area contributed by atoms with Crippen molar-refractivity contribution in [2.45, 2.75) is 51.7 Å². The van der Waals surface area contributed by atoms with E-state index in [1.807, 2.05) is 36.6 Å². The molecular formula is C24H29NO3S. The molecule has 1 aromatic carbocycles. The first kappa shape index (κ1) is 19.0. The van der Waals surface area contributed by atoms with E-state index in [9.17, 15) is 4.79 Å². The molecule has 4 aliphatic rings. The van der Waals surface area contributed by atoms with Gasteiger partial charge in [-0.15, -0.1) is 11.3 Å². The molecule has 1 heterocycles. The molecule has 2 aromatic rings. The Balaban J connectivity index is 1.21. The van der Waals surface area contributed by atoms with Gasteiger partial charge in [-0.1, -0.05) is 6.07 Å². The Morgan fingerprint density at radius 3 is 2.48 bits per heavy atom.